The van der Waals surface area contributed by atoms with Crippen LogP contribution in [-0.2, 0) is 11.8 Å². The van der Waals surface area contributed by atoms with Crippen molar-refractivity contribution in [2.24, 2.45) is 7.05 Å². The van der Waals surface area contributed by atoms with E-state index in [1.54, 1.807) is 4.68 Å². The predicted octanol–water partition coefficient (Wildman–Crippen LogP) is 1.95. The van der Waals surface area contributed by atoms with E-state index in [-0.39, 0.29) is 5.91 Å². The molecule has 0 bridgehead atoms. The van der Waals surface area contributed by atoms with Crippen molar-refractivity contribution in [2.45, 2.75) is 39.0 Å². The van der Waals surface area contributed by atoms with Crippen LogP contribution in [0.4, 0.5) is 5.82 Å². The van der Waals surface area contributed by atoms with Crippen LogP contribution in [0.2, 0.25) is 0 Å². The van der Waals surface area contributed by atoms with Crippen LogP contribution in [0.25, 0.3) is 0 Å². The van der Waals surface area contributed by atoms with Crippen molar-refractivity contribution in [1.82, 2.24) is 15.0 Å². The van der Waals surface area contributed by atoms with E-state index in [0.717, 1.165) is 18.5 Å². The normalized spacial score (nSPS) is 15.5. The highest BCUT2D eigenvalue weighted by Crippen LogP contribution is 2.20. The van der Waals surface area contributed by atoms with Crippen LogP contribution in [0.3, 0.4) is 0 Å². The Morgan fingerprint density at radius 2 is 2.35 bits per heavy atom. The Labute approximate surface area is 101 Å². The summed E-state index contributed by atoms with van der Waals surface area (Å²) < 4.78 is 1.65. The molecule has 1 aliphatic carbocycles. The molecule has 0 aromatic carbocycles. The molecule has 0 saturated heterocycles. The summed E-state index contributed by atoms with van der Waals surface area (Å²) in [6.45, 7) is 1.88. The number of rotatable bonds is 3. The lowest BCUT2D eigenvalue weighted by Crippen LogP contribution is -2.14. The van der Waals surface area contributed by atoms with Crippen LogP contribution < -0.4 is 5.32 Å². The van der Waals surface area contributed by atoms with Crippen molar-refractivity contribution in [3.8, 4) is 0 Å². The van der Waals surface area contributed by atoms with Gasteiger partial charge in [-0.15, -0.1) is 5.10 Å². The lowest BCUT2D eigenvalue weighted by molar-refractivity contribution is -0.115. The van der Waals surface area contributed by atoms with Gasteiger partial charge in [0, 0.05) is 13.5 Å². The molecule has 1 aromatic heterocycles. The zero-order valence-electron chi connectivity index (χ0n) is 10.4. The number of carbonyl (C=O) groups excluding carboxylic acids is 1. The Kier molecular flexibility index (Phi) is 3.56. The van der Waals surface area contributed by atoms with Gasteiger partial charge in [-0.05, 0) is 32.6 Å². The minimum absolute atomic E-state index is 0.00162. The van der Waals surface area contributed by atoms with Crippen molar-refractivity contribution in [3.05, 3.63) is 17.3 Å². The van der Waals surface area contributed by atoms with Crippen LogP contribution in [0.5, 0.6) is 0 Å². The minimum Gasteiger partial charge on any atom is -0.307 e. The smallest absolute Gasteiger partial charge is 0.229 e. The summed E-state index contributed by atoms with van der Waals surface area (Å²) in [4.78, 5) is 11.8. The van der Waals surface area contributed by atoms with Gasteiger partial charge in [0.25, 0.3) is 0 Å². The topological polar surface area (TPSA) is 59.8 Å². The first-order valence-electron chi connectivity index (χ1n) is 6.01. The Hall–Kier alpha value is -1.65. The number of nitrogens with one attached hydrogen (secondary N) is 1. The van der Waals surface area contributed by atoms with Crippen LogP contribution >= 0.6 is 0 Å². The summed E-state index contributed by atoms with van der Waals surface area (Å²) in [5.74, 6) is 0.565. The Morgan fingerprint density at radius 3 is 2.94 bits per heavy atom. The molecule has 0 spiro atoms. The molecule has 1 heterocycles. The Bertz CT molecular complexity index is 447. The lowest BCUT2D eigenvalue weighted by atomic mass is 9.97. The monoisotopic (exact) mass is 234 g/mol. The van der Waals surface area contributed by atoms with E-state index in [1.807, 2.05) is 14.0 Å². The summed E-state index contributed by atoms with van der Waals surface area (Å²) in [5, 5.41) is 10.6. The van der Waals surface area contributed by atoms with Gasteiger partial charge in [0.05, 0.1) is 5.69 Å². The van der Waals surface area contributed by atoms with Crippen molar-refractivity contribution in [2.75, 3.05) is 5.32 Å². The zero-order valence-corrected chi connectivity index (χ0v) is 10.4. The average Bonchev–Trinajstić information content (AvgIpc) is 2.62. The maximum Gasteiger partial charge on any atom is 0.229 e. The number of nitrogens with zero attached hydrogens (tertiary/aromatic N) is 3. The number of aromatic nitrogens is 3. The summed E-state index contributed by atoms with van der Waals surface area (Å²) >= 11 is 0. The molecule has 1 N–H and O–H groups in total. The van der Waals surface area contributed by atoms with E-state index in [9.17, 15) is 4.79 Å². The van der Waals surface area contributed by atoms with Gasteiger partial charge < -0.3 is 5.32 Å². The number of carbonyl (C=O) groups is 1. The highest BCUT2D eigenvalue weighted by Gasteiger charge is 2.12. The molecule has 0 aliphatic heterocycles. The van der Waals surface area contributed by atoms with Gasteiger partial charge in [-0.1, -0.05) is 16.9 Å². The van der Waals surface area contributed by atoms with Gasteiger partial charge in [0.1, 0.15) is 0 Å². The molecular weight excluding hydrogens is 216 g/mol. The van der Waals surface area contributed by atoms with Crippen LogP contribution in [-0.4, -0.2) is 20.9 Å². The third-order valence-corrected chi connectivity index (χ3v) is 3.14. The quantitative estimate of drug-likeness (QED) is 0.813. The number of anilines is 1. The van der Waals surface area contributed by atoms with Gasteiger partial charge in [-0.25, -0.2) is 0 Å². The molecule has 17 heavy (non-hydrogen) atoms. The lowest BCUT2D eigenvalue weighted by Gasteiger charge is -2.11. The SMILES string of the molecule is Cc1c(NC(=O)CC2=CCCCC2)nnn1C. The van der Waals surface area contributed by atoms with Crippen molar-refractivity contribution in [3.63, 3.8) is 0 Å². The number of allylic oxidation sites excluding steroid dienone is 1. The third kappa shape index (κ3) is 2.93. The second-order valence-electron chi connectivity index (χ2n) is 4.48. The van der Waals surface area contributed by atoms with Crippen LogP contribution in [0, 0.1) is 6.92 Å². The summed E-state index contributed by atoms with van der Waals surface area (Å²) in [6, 6.07) is 0. The van der Waals surface area contributed by atoms with Crippen molar-refractivity contribution >= 4 is 11.7 Å². The zero-order chi connectivity index (χ0) is 12.3. The molecule has 0 saturated carbocycles. The maximum atomic E-state index is 11.8. The summed E-state index contributed by atoms with van der Waals surface area (Å²) in [7, 11) is 1.81. The molecule has 92 valence electrons. The molecule has 0 fully saturated rings. The average molecular weight is 234 g/mol. The molecular formula is C12H18N4O. The van der Waals surface area contributed by atoms with Crippen LogP contribution in [0.15, 0.2) is 11.6 Å². The number of amides is 1. The molecule has 1 aromatic rings. The van der Waals surface area contributed by atoms with E-state index in [4.69, 9.17) is 0 Å². The fraction of sp³-hybridized carbons (Fsp3) is 0.583. The number of aryl methyl sites for hydroxylation is 1. The van der Waals surface area contributed by atoms with E-state index in [0.29, 0.717) is 12.2 Å². The minimum atomic E-state index is 0.00162. The van der Waals surface area contributed by atoms with Gasteiger partial charge in [0.2, 0.25) is 5.91 Å². The molecule has 5 heteroatoms. The van der Waals surface area contributed by atoms with E-state index in [1.165, 1.54) is 18.4 Å². The first kappa shape index (κ1) is 11.8. The van der Waals surface area contributed by atoms with E-state index in [2.05, 4.69) is 21.7 Å². The van der Waals surface area contributed by atoms with Gasteiger partial charge in [0.15, 0.2) is 5.82 Å². The maximum absolute atomic E-state index is 11.8. The van der Waals surface area contributed by atoms with Crippen molar-refractivity contribution < 1.29 is 4.79 Å². The van der Waals surface area contributed by atoms with Gasteiger partial charge in [-0.3, -0.25) is 9.48 Å². The molecule has 0 atom stereocenters. The van der Waals surface area contributed by atoms with E-state index >= 15 is 0 Å². The predicted molar refractivity (Wildman–Crippen MR) is 65.5 cm³/mol. The number of hydrogen-bond donors (Lipinski definition) is 1. The molecule has 0 radical (unpaired) electrons. The largest absolute Gasteiger partial charge is 0.307 e. The summed E-state index contributed by atoms with van der Waals surface area (Å²) in [5.41, 5.74) is 2.12. The highest BCUT2D eigenvalue weighted by molar-refractivity contribution is 5.91. The Balaban J connectivity index is 1.93. The van der Waals surface area contributed by atoms with Crippen LogP contribution in [0.1, 0.15) is 37.8 Å². The molecule has 1 aliphatic rings. The fourth-order valence-electron chi connectivity index (χ4n) is 1.97. The second-order valence-corrected chi connectivity index (χ2v) is 4.48. The first-order chi connectivity index (χ1) is 8.16. The van der Waals surface area contributed by atoms with Crippen molar-refractivity contribution in [1.29, 1.82) is 0 Å². The van der Waals surface area contributed by atoms with E-state index < -0.39 is 0 Å². The Morgan fingerprint density at radius 1 is 1.53 bits per heavy atom. The van der Waals surface area contributed by atoms with Gasteiger partial charge >= 0.3 is 0 Å². The molecule has 2 rings (SSSR count). The third-order valence-electron chi connectivity index (χ3n) is 3.14. The molecule has 1 amide bonds. The second kappa shape index (κ2) is 5.12. The molecule has 0 unspecified atom stereocenters. The number of hydrogen-bond acceptors (Lipinski definition) is 3. The molecule has 5 nitrogen and oxygen atoms in total. The fourth-order valence-corrected chi connectivity index (χ4v) is 1.97. The highest BCUT2D eigenvalue weighted by atomic mass is 16.1. The summed E-state index contributed by atoms with van der Waals surface area (Å²) in [6.07, 6.45) is 7.26. The first-order valence-corrected chi connectivity index (χ1v) is 6.01. The standard InChI is InChI=1S/C12H18N4O/c1-9-12(14-15-16(9)2)13-11(17)8-10-6-4-3-5-7-10/h6H,3-5,7-8H2,1-2H3,(H,13,17). The van der Waals surface area contributed by atoms with Gasteiger partial charge in [-0.2, -0.15) is 0 Å².